The number of carbonyl (C=O) groups is 1. The maximum Gasteiger partial charge on any atom is 0.339 e. The van der Waals surface area contributed by atoms with Crippen LogP contribution in [-0.2, 0) is 10.3 Å². The summed E-state index contributed by atoms with van der Waals surface area (Å²) in [6, 6.07) is 12.5. The highest BCUT2D eigenvalue weighted by molar-refractivity contribution is 6.37. The first-order chi connectivity index (χ1) is 11.5. The van der Waals surface area contributed by atoms with Gasteiger partial charge in [-0.05, 0) is 30.8 Å². The first-order valence-corrected chi connectivity index (χ1v) is 8.45. The molecule has 0 unspecified atom stereocenters. The molecule has 1 heterocycles. The number of phenolic OH excluding ortho intramolecular Hbond substituents is 1. The average Bonchev–Trinajstić information content (AvgIpc) is 2.60. The Balaban J connectivity index is 1.92. The molecule has 3 rings (SSSR count). The molecule has 24 heavy (non-hydrogen) atoms. The Labute approximate surface area is 150 Å². The van der Waals surface area contributed by atoms with E-state index in [2.05, 4.69) is 5.32 Å². The summed E-state index contributed by atoms with van der Waals surface area (Å²) in [6.45, 7) is 1.53. The summed E-state index contributed by atoms with van der Waals surface area (Å²) in [7, 11) is 0. The molecule has 1 aliphatic rings. The number of esters is 1. The van der Waals surface area contributed by atoms with Gasteiger partial charge in [-0.15, -0.1) is 0 Å². The Hall–Kier alpha value is -1.75. The van der Waals surface area contributed by atoms with Crippen LogP contribution in [0.25, 0.3) is 0 Å². The quantitative estimate of drug-likeness (QED) is 0.802. The van der Waals surface area contributed by atoms with Crippen LogP contribution in [0.1, 0.15) is 28.8 Å². The van der Waals surface area contributed by atoms with E-state index < -0.39 is 11.6 Å². The third kappa shape index (κ3) is 3.36. The fourth-order valence-corrected chi connectivity index (χ4v) is 3.43. The predicted molar refractivity (Wildman–Crippen MR) is 93.8 cm³/mol. The van der Waals surface area contributed by atoms with Crippen molar-refractivity contribution in [2.45, 2.75) is 18.4 Å². The smallest absolute Gasteiger partial charge is 0.339 e. The molecule has 2 aromatic carbocycles. The number of benzene rings is 2. The number of carbonyl (C=O) groups excluding carboxylic acids is 1. The lowest BCUT2D eigenvalue weighted by Crippen LogP contribution is -2.43. The highest BCUT2D eigenvalue weighted by Crippen LogP contribution is 2.37. The van der Waals surface area contributed by atoms with Crippen molar-refractivity contribution in [3.8, 4) is 5.75 Å². The number of ether oxygens (including phenoxy) is 1. The van der Waals surface area contributed by atoms with Gasteiger partial charge in [-0.25, -0.2) is 4.79 Å². The standard InChI is InChI=1S/C18H17Cl2NO3/c19-14-10-12(11-15(20)16(14)22)17(23)24-18(6-8-21-9-7-18)13-4-2-1-3-5-13/h1-5,10-11,21-22H,6-9H2. The van der Waals surface area contributed by atoms with Crippen LogP contribution in [0.15, 0.2) is 42.5 Å². The Morgan fingerprint density at radius 2 is 1.67 bits per heavy atom. The normalized spacial score (nSPS) is 16.6. The molecule has 0 amide bonds. The van der Waals surface area contributed by atoms with E-state index in [-0.39, 0.29) is 21.4 Å². The zero-order chi connectivity index (χ0) is 17.2. The molecule has 0 bridgehead atoms. The molecular weight excluding hydrogens is 349 g/mol. The van der Waals surface area contributed by atoms with Gasteiger partial charge in [0.15, 0.2) is 5.75 Å². The van der Waals surface area contributed by atoms with E-state index in [4.69, 9.17) is 27.9 Å². The maximum atomic E-state index is 12.7. The van der Waals surface area contributed by atoms with Crippen LogP contribution in [0.4, 0.5) is 0 Å². The number of nitrogens with one attached hydrogen (secondary N) is 1. The van der Waals surface area contributed by atoms with Crippen molar-refractivity contribution in [1.29, 1.82) is 0 Å². The second-order valence-corrected chi connectivity index (χ2v) is 6.60. The monoisotopic (exact) mass is 365 g/mol. The highest BCUT2D eigenvalue weighted by Gasteiger charge is 2.38. The molecule has 2 N–H and O–H groups in total. The summed E-state index contributed by atoms with van der Waals surface area (Å²) in [5.41, 5.74) is 0.507. The van der Waals surface area contributed by atoms with Crippen molar-refractivity contribution in [1.82, 2.24) is 5.32 Å². The van der Waals surface area contributed by atoms with Gasteiger partial charge >= 0.3 is 5.97 Å². The van der Waals surface area contributed by atoms with E-state index in [0.717, 1.165) is 18.7 Å². The van der Waals surface area contributed by atoms with Crippen LogP contribution in [0.5, 0.6) is 5.75 Å². The summed E-state index contributed by atoms with van der Waals surface area (Å²) in [5.74, 6) is -0.751. The molecule has 4 nitrogen and oxygen atoms in total. The van der Waals surface area contributed by atoms with E-state index in [1.54, 1.807) is 0 Å². The molecule has 1 saturated heterocycles. The van der Waals surface area contributed by atoms with Crippen LogP contribution in [0.2, 0.25) is 10.0 Å². The Bertz CT molecular complexity index is 720. The van der Waals surface area contributed by atoms with Crippen molar-refractivity contribution >= 4 is 29.2 Å². The SMILES string of the molecule is O=C(OC1(c2ccccc2)CCNCC1)c1cc(Cl)c(O)c(Cl)c1. The van der Waals surface area contributed by atoms with Crippen LogP contribution in [0, 0.1) is 0 Å². The summed E-state index contributed by atoms with van der Waals surface area (Å²) >= 11 is 11.8. The highest BCUT2D eigenvalue weighted by atomic mass is 35.5. The van der Waals surface area contributed by atoms with Gasteiger partial charge in [0.2, 0.25) is 0 Å². The minimum Gasteiger partial charge on any atom is -0.505 e. The molecule has 1 aliphatic heterocycles. The second kappa shape index (κ2) is 7.01. The minimum absolute atomic E-state index is 0.0218. The molecule has 0 spiro atoms. The van der Waals surface area contributed by atoms with Gasteiger partial charge < -0.3 is 15.2 Å². The largest absolute Gasteiger partial charge is 0.505 e. The Morgan fingerprint density at radius 3 is 2.25 bits per heavy atom. The molecule has 126 valence electrons. The van der Waals surface area contributed by atoms with E-state index >= 15 is 0 Å². The third-order valence-corrected chi connectivity index (χ3v) is 4.83. The number of phenols is 1. The lowest BCUT2D eigenvalue weighted by molar-refractivity contribution is -0.0378. The molecule has 0 aliphatic carbocycles. The summed E-state index contributed by atoms with van der Waals surface area (Å²) in [4.78, 5) is 12.7. The number of halogens is 2. The fourth-order valence-electron chi connectivity index (χ4n) is 2.94. The van der Waals surface area contributed by atoms with Gasteiger partial charge in [-0.1, -0.05) is 53.5 Å². The molecule has 0 radical (unpaired) electrons. The van der Waals surface area contributed by atoms with E-state index in [1.807, 2.05) is 30.3 Å². The van der Waals surface area contributed by atoms with Gasteiger partial charge in [-0.2, -0.15) is 0 Å². The van der Waals surface area contributed by atoms with Crippen molar-refractivity contribution in [3.05, 3.63) is 63.6 Å². The van der Waals surface area contributed by atoms with E-state index in [0.29, 0.717) is 12.8 Å². The van der Waals surface area contributed by atoms with Gasteiger partial charge in [0.05, 0.1) is 15.6 Å². The predicted octanol–water partition coefficient (Wildman–Crippen LogP) is 4.13. The average molecular weight is 366 g/mol. The molecule has 0 aromatic heterocycles. The summed E-state index contributed by atoms with van der Waals surface area (Å²) in [6.07, 6.45) is 1.37. The minimum atomic E-state index is -0.680. The zero-order valence-electron chi connectivity index (χ0n) is 12.9. The fraction of sp³-hybridized carbons (Fsp3) is 0.278. The van der Waals surface area contributed by atoms with E-state index in [1.165, 1.54) is 12.1 Å². The number of piperidine rings is 1. The van der Waals surface area contributed by atoms with Crippen molar-refractivity contribution in [2.24, 2.45) is 0 Å². The molecule has 0 saturated carbocycles. The lowest BCUT2D eigenvalue weighted by atomic mass is 9.84. The Kier molecular flexibility index (Phi) is 4.99. The van der Waals surface area contributed by atoms with Crippen molar-refractivity contribution in [3.63, 3.8) is 0 Å². The number of rotatable bonds is 3. The van der Waals surface area contributed by atoms with Crippen LogP contribution in [0.3, 0.4) is 0 Å². The van der Waals surface area contributed by atoms with Gasteiger partial charge in [-0.3, -0.25) is 0 Å². The summed E-state index contributed by atoms with van der Waals surface area (Å²) in [5, 5.41) is 13.0. The van der Waals surface area contributed by atoms with Crippen LogP contribution < -0.4 is 5.32 Å². The molecule has 2 aromatic rings. The van der Waals surface area contributed by atoms with Gasteiger partial charge in [0, 0.05) is 12.8 Å². The molecule has 1 fully saturated rings. The molecule has 6 heteroatoms. The molecular formula is C18H17Cl2NO3. The van der Waals surface area contributed by atoms with E-state index in [9.17, 15) is 9.90 Å². The van der Waals surface area contributed by atoms with Gasteiger partial charge in [0.1, 0.15) is 5.60 Å². The first-order valence-electron chi connectivity index (χ1n) is 7.69. The third-order valence-electron chi connectivity index (χ3n) is 4.25. The number of aromatic hydroxyl groups is 1. The number of hydrogen-bond donors (Lipinski definition) is 2. The Morgan fingerprint density at radius 1 is 1.08 bits per heavy atom. The topological polar surface area (TPSA) is 58.6 Å². The molecule has 0 atom stereocenters. The first kappa shape index (κ1) is 17.1. The summed E-state index contributed by atoms with van der Waals surface area (Å²) < 4.78 is 5.92. The van der Waals surface area contributed by atoms with Gasteiger partial charge in [0.25, 0.3) is 0 Å². The maximum absolute atomic E-state index is 12.7. The van der Waals surface area contributed by atoms with Crippen molar-refractivity contribution in [2.75, 3.05) is 13.1 Å². The lowest BCUT2D eigenvalue weighted by Gasteiger charge is -2.37. The van der Waals surface area contributed by atoms with Crippen LogP contribution in [-0.4, -0.2) is 24.2 Å². The second-order valence-electron chi connectivity index (χ2n) is 5.79. The van der Waals surface area contributed by atoms with Crippen LogP contribution >= 0.6 is 23.2 Å². The van der Waals surface area contributed by atoms with Crippen molar-refractivity contribution < 1.29 is 14.6 Å². The number of hydrogen-bond acceptors (Lipinski definition) is 4. The zero-order valence-corrected chi connectivity index (χ0v) is 14.4.